The smallest absolute Gasteiger partial charge is 0.229 e. The maximum Gasteiger partial charge on any atom is 0.229 e. The lowest BCUT2D eigenvalue weighted by atomic mass is 9.99. The molecule has 1 aliphatic carbocycles. The highest BCUT2D eigenvalue weighted by Crippen LogP contribution is 2.24. The van der Waals surface area contributed by atoms with Crippen LogP contribution in [-0.4, -0.2) is 20.6 Å². The van der Waals surface area contributed by atoms with E-state index in [0.717, 1.165) is 12.2 Å². The number of rotatable bonds is 4. The number of hydrogen-bond donors (Lipinski definition) is 2. The lowest BCUT2D eigenvalue weighted by molar-refractivity contribution is 0.422. The van der Waals surface area contributed by atoms with Crippen LogP contribution in [-0.2, 0) is 4.43 Å². The van der Waals surface area contributed by atoms with E-state index < -0.39 is 9.04 Å². The average Bonchev–Trinajstić information content (AvgIpc) is 2.41. The quantitative estimate of drug-likeness (QED) is 0.769. The minimum atomic E-state index is -1.08. The van der Waals surface area contributed by atoms with E-state index in [9.17, 15) is 0 Å². The van der Waals surface area contributed by atoms with Crippen LogP contribution in [0.3, 0.4) is 0 Å². The molecule has 0 bridgehead atoms. The molecule has 5 heteroatoms. The van der Waals surface area contributed by atoms with Gasteiger partial charge >= 0.3 is 0 Å². The Kier molecular flexibility index (Phi) is 4.65. The van der Waals surface area contributed by atoms with Gasteiger partial charge in [-0.25, -0.2) is 0 Å². The third-order valence-corrected chi connectivity index (χ3v) is 3.53. The van der Waals surface area contributed by atoms with Crippen LogP contribution in [0.25, 0.3) is 0 Å². The lowest BCUT2D eigenvalue weighted by Crippen LogP contribution is -2.25. The van der Waals surface area contributed by atoms with Gasteiger partial charge in [-0.2, -0.15) is 0 Å². The van der Waals surface area contributed by atoms with Gasteiger partial charge < -0.3 is 15.6 Å². The van der Waals surface area contributed by atoms with Crippen molar-refractivity contribution in [2.75, 3.05) is 6.54 Å². The van der Waals surface area contributed by atoms with E-state index in [-0.39, 0.29) is 0 Å². The number of nitrogens with one attached hydrogen (secondary N) is 1. The van der Waals surface area contributed by atoms with Gasteiger partial charge in [-0.3, -0.25) is 5.01 Å². The van der Waals surface area contributed by atoms with Crippen molar-refractivity contribution in [3.8, 4) is 0 Å². The van der Waals surface area contributed by atoms with E-state index in [1.165, 1.54) is 11.1 Å². The Morgan fingerprint density at radius 3 is 2.89 bits per heavy atom. The first kappa shape index (κ1) is 13.7. The van der Waals surface area contributed by atoms with Crippen molar-refractivity contribution in [1.82, 2.24) is 10.4 Å². The summed E-state index contributed by atoms with van der Waals surface area (Å²) in [6, 6.07) is 0. The maximum absolute atomic E-state index is 5.90. The number of nitrogens with two attached hydrogens (primary N) is 1. The van der Waals surface area contributed by atoms with Crippen molar-refractivity contribution >= 4 is 9.04 Å². The summed E-state index contributed by atoms with van der Waals surface area (Å²) in [5.41, 5.74) is 11.3. The van der Waals surface area contributed by atoms with Gasteiger partial charge in [0.2, 0.25) is 9.04 Å². The third kappa shape index (κ3) is 3.87. The van der Waals surface area contributed by atoms with E-state index in [2.05, 4.69) is 30.8 Å². The highest BCUT2D eigenvalue weighted by molar-refractivity contribution is 6.48. The molecular formula is C14H21N3OSi. The van der Waals surface area contributed by atoms with E-state index in [1.54, 1.807) is 0 Å². The highest BCUT2D eigenvalue weighted by Gasteiger charge is 2.13. The number of hydrogen-bond acceptors (Lipinski definition) is 4. The summed E-state index contributed by atoms with van der Waals surface area (Å²) in [6.07, 6.45) is 14.8. The second-order valence-electron chi connectivity index (χ2n) is 4.79. The summed E-state index contributed by atoms with van der Waals surface area (Å²) in [5.74, 6) is 0.975. The Hall–Kier alpha value is -1.72. The normalized spacial score (nSPS) is 20.4. The summed E-state index contributed by atoms with van der Waals surface area (Å²) in [5, 5.41) is 1.93. The van der Waals surface area contributed by atoms with Crippen molar-refractivity contribution in [2.24, 2.45) is 5.73 Å². The molecule has 2 rings (SSSR count). The van der Waals surface area contributed by atoms with E-state index >= 15 is 0 Å². The molecule has 2 aliphatic rings. The van der Waals surface area contributed by atoms with Gasteiger partial charge in [0.25, 0.3) is 0 Å². The van der Waals surface area contributed by atoms with Crippen molar-refractivity contribution in [2.45, 2.75) is 19.5 Å². The number of nitrogens with zero attached hydrogens (tertiary/aromatic N) is 1. The molecule has 0 fully saturated rings. The van der Waals surface area contributed by atoms with E-state index in [0.29, 0.717) is 6.54 Å². The molecular weight excluding hydrogens is 254 g/mol. The van der Waals surface area contributed by atoms with Crippen molar-refractivity contribution in [1.29, 1.82) is 0 Å². The van der Waals surface area contributed by atoms with Crippen LogP contribution in [0.5, 0.6) is 0 Å². The predicted molar refractivity (Wildman–Crippen MR) is 81.1 cm³/mol. The fourth-order valence-electron chi connectivity index (χ4n) is 1.96. The molecule has 1 heterocycles. The van der Waals surface area contributed by atoms with Crippen LogP contribution >= 0.6 is 0 Å². The minimum Gasteiger partial charge on any atom is -0.547 e. The van der Waals surface area contributed by atoms with Crippen molar-refractivity contribution in [3.63, 3.8) is 0 Å². The summed E-state index contributed by atoms with van der Waals surface area (Å²) < 4.78 is 5.90. The summed E-state index contributed by atoms with van der Waals surface area (Å²) in [4.78, 5) is 0. The standard InChI is InChI=1S/C14H21N3OSi/c1-19(2)18-14-6-5-12(9-13(14)10-15)11-17-8-4-3-7-16-17/h3-8,11,16,19H,9-10,15H2,1-2H3. The van der Waals surface area contributed by atoms with Gasteiger partial charge in [0.15, 0.2) is 0 Å². The van der Waals surface area contributed by atoms with Crippen molar-refractivity contribution in [3.05, 3.63) is 59.8 Å². The molecule has 1 aliphatic heterocycles. The molecule has 0 atom stereocenters. The predicted octanol–water partition coefficient (Wildman–Crippen LogP) is 1.89. The molecule has 0 aromatic carbocycles. The highest BCUT2D eigenvalue weighted by atomic mass is 28.3. The van der Waals surface area contributed by atoms with Crippen LogP contribution in [0.1, 0.15) is 6.42 Å². The van der Waals surface area contributed by atoms with Gasteiger partial charge in [-0.1, -0.05) is 6.08 Å². The fourth-order valence-corrected chi connectivity index (χ4v) is 2.71. The van der Waals surface area contributed by atoms with Gasteiger partial charge in [0.1, 0.15) is 5.76 Å². The molecule has 0 spiro atoms. The Balaban J connectivity index is 2.07. The molecule has 0 aromatic heterocycles. The zero-order chi connectivity index (χ0) is 13.7. The summed E-state index contributed by atoms with van der Waals surface area (Å²) in [7, 11) is -1.08. The zero-order valence-electron chi connectivity index (χ0n) is 11.5. The molecule has 0 amide bonds. The molecule has 3 N–H and O–H groups in total. The van der Waals surface area contributed by atoms with Gasteiger partial charge in [0, 0.05) is 25.1 Å². The first-order chi connectivity index (χ1) is 9.19. The average molecular weight is 275 g/mol. The molecule has 0 saturated carbocycles. The van der Waals surface area contributed by atoms with Crippen molar-refractivity contribution < 1.29 is 4.43 Å². The monoisotopic (exact) mass is 275 g/mol. The molecule has 0 radical (unpaired) electrons. The summed E-state index contributed by atoms with van der Waals surface area (Å²) in [6.45, 7) is 4.87. The number of hydrazine groups is 1. The molecule has 4 nitrogen and oxygen atoms in total. The van der Waals surface area contributed by atoms with Gasteiger partial charge in [0.05, 0.1) is 0 Å². The second-order valence-corrected chi connectivity index (χ2v) is 7.12. The topological polar surface area (TPSA) is 50.5 Å². The largest absolute Gasteiger partial charge is 0.547 e. The van der Waals surface area contributed by atoms with Crippen LogP contribution in [0, 0.1) is 0 Å². The molecule has 0 aromatic rings. The Labute approximate surface area is 116 Å². The minimum absolute atomic E-state index is 0.543. The van der Waals surface area contributed by atoms with Crippen LogP contribution < -0.4 is 11.2 Å². The fraction of sp³-hybridized carbons (Fsp3) is 0.286. The molecule has 0 unspecified atom stereocenters. The van der Waals surface area contributed by atoms with Crippen LogP contribution in [0.4, 0.5) is 0 Å². The molecule has 0 saturated heterocycles. The van der Waals surface area contributed by atoms with E-state index in [1.807, 2.05) is 35.6 Å². The van der Waals surface area contributed by atoms with Crippen LogP contribution in [0.2, 0.25) is 13.1 Å². The maximum atomic E-state index is 5.90. The Bertz CT molecular complexity index is 475. The first-order valence-corrected chi connectivity index (χ1v) is 9.32. The summed E-state index contributed by atoms with van der Waals surface area (Å²) >= 11 is 0. The van der Waals surface area contributed by atoms with E-state index in [4.69, 9.17) is 10.2 Å². The zero-order valence-corrected chi connectivity index (χ0v) is 12.6. The number of allylic oxidation sites excluding steroid dienone is 5. The third-order valence-electron chi connectivity index (χ3n) is 2.81. The second kappa shape index (κ2) is 6.45. The SMILES string of the molecule is C[SiH](C)OC1=C(CN)CC(=CN2C=CC=CN2)C=C1. The lowest BCUT2D eigenvalue weighted by Gasteiger charge is -2.22. The van der Waals surface area contributed by atoms with Crippen LogP contribution in [0.15, 0.2) is 59.8 Å². The Morgan fingerprint density at radius 1 is 1.42 bits per heavy atom. The van der Waals surface area contributed by atoms with Gasteiger partial charge in [-0.05, 0) is 48.9 Å². The Morgan fingerprint density at radius 2 is 2.26 bits per heavy atom. The molecule has 102 valence electrons. The first-order valence-electron chi connectivity index (χ1n) is 6.54. The van der Waals surface area contributed by atoms with Gasteiger partial charge in [-0.15, -0.1) is 0 Å². The molecule has 19 heavy (non-hydrogen) atoms.